The second kappa shape index (κ2) is 5.65. The van der Waals surface area contributed by atoms with Crippen molar-refractivity contribution < 1.29 is 39.7 Å². The van der Waals surface area contributed by atoms with Crippen LogP contribution >= 0.6 is 0 Å². The van der Waals surface area contributed by atoms with Gasteiger partial charge in [0.2, 0.25) is 0 Å². The molecule has 0 aliphatic carbocycles. The van der Waals surface area contributed by atoms with Crippen LogP contribution in [0.25, 0.3) is 0 Å². The molecule has 20 heavy (non-hydrogen) atoms. The smallest absolute Gasteiger partial charge is 0.490 e. The van der Waals surface area contributed by atoms with Gasteiger partial charge in [0, 0.05) is 0 Å². The zero-order valence-corrected chi connectivity index (χ0v) is 10.7. The van der Waals surface area contributed by atoms with Crippen LogP contribution in [0.4, 0.5) is 17.6 Å². The van der Waals surface area contributed by atoms with Gasteiger partial charge < -0.3 is 8.92 Å². The molecule has 0 atom stereocenters. The van der Waals surface area contributed by atoms with Crippen LogP contribution < -0.4 is 8.92 Å². The number of ether oxygens (including phenoxy) is 1. The third-order valence-corrected chi connectivity index (χ3v) is 2.95. The van der Waals surface area contributed by atoms with Gasteiger partial charge >= 0.3 is 15.6 Å². The molecular formula is C10H8F4O5S. The largest absolute Gasteiger partial charge is 0.534 e. The molecule has 0 aliphatic heterocycles. The Balaban J connectivity index is 3.42. The van der Waals surface area contributed by atoms with Crippen LogP contribution in [-0.4, -0.2) is 26.8 Å². The number of hydrogen-bond acceptors (Lipinski definition) is 5. The molecule has 0 bridgehead atoms. The molecule has 0 N–H and O–H groups in total. The second-order valence-electron chi connectivity index (χ2n) is 3.32. The minimum atomic E-state index is -6.05. The number of carbonyl (C=O) groups is 1. The van der Waals surface area contributed by atoms with Gasteiger partial charge in [-0.05, 0) is 19.1 Å². The highest BCUT2D eigenvalue weighted by atomic mass is 32.2. The van der Waals surface area contributed by atoms with Crippen molar-refractivity contribution in [2.24, 2.45) is 0 Å². The minimum Gasteiger partial charge on any atom is -0.490 e. The van der Waals surface area contributed by atoms with Crippen molar-refractivity contribution in [1.29, 1.82) is 0 Å². The van der Waals surface area contributed by atoms with Crippen LogP contribution in [0.3, 0.4) is 0 Å². The van der Waals surface area contributed by atoms with Crippen LogP contribution in [0.15, 0.2) is 12.1 Å². The highest BCUT2D eigenvalue weighted by molar-refractivity contribution is 7.88. The number of hydrogen-bond donors (Lipinski definition) is 0. The van der Waals surface area contributed by atoms with Crippen LogP contribution in [0.2, 0.25) is 0 Å². The summed E-state index contributed by atoms with van der Waals surface area (Å²) in [6.45, 7) is 1.39. The minimum absolute atomic E-state index is 0.0631. The average Bonchev–Trinajstić information content (AvgIpc) is 2.31. The summed E-state index contributed by atoms with van der Waals surface area (Å²) >= 11 is 0. The lowest BCUT2D eigenvalue weighted by Gasteiger charge is -2.14. The normalized spacial score (nSPS) is 12.1. The maximum atomic E-state index is 13.3. The summed E-state index contributed by atoms with van der Waals surface area (Å²) in [4.78, 5) is 10.7. The standard InChI is InChI=1S/C10H8F4O5S/c1-2-18-8-4-3-7(11)6(5-15)9(8)19-20(16,17)10(12,13)14/h3-5H,2H2,1H3. The molecule has 112 valence electrons. The number of rotatable bonds is 5. The Morgan fingerprint density at radius 3 is 2.35 bits per heavy atom. The molecule has 0 fully saturated rings. The molecule has 0 unspecified atom stereocenters. The molecule has 0 heterocycles. The van der Waals surface area contributed by atoms with E-state index in [2.05, 4.69) is 4.18 Å². The Labute approximate surface area is 111 Å². The van der Waals surface area contributed by atoms with Gasteiger partial charge in [-0.15, -0.1) is 0 Å². The first-order chi connectivity index (χ1) is 9.14. The first-order valence-electron chi connectivity index (χ1n) is 5.05. The van der Waals surface area contributed by atoms with Crippen molar-refractivity contribution in [1.82, 2.24) is 0 Å². The highest BCUT2D eigenvalue weighted by Crippen LogP contribution is 2.36. The van der Waals surface area contributed by atoms with E-state index in [9.17, 15) is 30.8 Å². The first kappa shape index (κ1) is 16.2. The summed E-state index contributed by atoms with van der Waals surface area (Å²) in [7, 11) is -6.05. The molecule has 0 saturated heterocycles. The molecule has 0 amide bonds. The van der Waals surface area contributed by atoms with Gasteiger partial charge in [0.05, 0.1) is 12.2 Å². The highest BCUT2D eigenvalue weighted by Gasteiger charge is 2.49. The van der Waals surface area contributed by atoms with Crippen molar-refractivity contribution in [2.75, 3.05) is 6.61 Å². The van der Waals surface area contributed by atoms with Crippen molar-refractivity contribution >= 4 is 16.4 Å². The molecule has 1 rings (SSSR count). The maximum absolute atomic E-state index is 13.3. The fraction of sp³-hybridized carbons (Fsp3) is 0.300. The van der Waals surface area contributed by atoms with E-state index in [-0.39, 0.29) is 12.9 Å². The van der Waals surface area contributed by atoms with Gasteiger partial charge in [0.15, 0.2) is 17.8 Å². The fourth-order valence-corrected chi connectivity index (χ4v) is 1.66. The molecule has 0 radical (unpaired) electrons. The average molecular weight is 316 g/mol. The Bertz CT molecular complexity index is 609. The fourth-order valence-electron chi connectivity index (χ4n) is 1.18. The summed E-state index contributed by atoms with van der Waals surface area (Å²) in [5.74, 6) is -2.88. The molecule has 1 aromatic carbocycles. The molecule has 5 nitrogen and oxygen atoms in total. The van der Waals surface area contributed by atoms with Crippen molar-refractivity contribution in [3.05, 3.63) is 23.5 Å². The molecule has 0 spiro atoms. The lowest BCUT2D eigenvalue weighted by Crippen LogP contribution is -2.28. The summed E-state index contributed by atoms with van der Waals surface area (Å²) < 4.78 is 80.5. The third kappa shape index (κ3) is 3.18. The molecule has 10 heteroatoms. The molecule has 0 aromatic heterocycles. The van der Waals surface area contributed by atoms with Gasteiger partial charge in [-0.25, -0.2) is 4.39 Å². The summed E-state index contributed by atoms with van der Waals surface area (Å²) in [5, 5.41) is 0. The molecule has 0 aliphatic rings. The summed E-state index contributed by atoms with van der Waals surface area (Å²) in [6, 6.07) is 1.59. The number of halogens is 4. The van der Waals surface area contributed by atoms with Crippen LogP contribution in [0.1, 0.15) is 17.3 Å². The van der Waals surface area contributed by atoms with E-state index in [1.165, 1.54) is 6.92 Å². The van der Waals surface area contributed by atoms with Crippen LogP contribution in [0.5, 0.6) is 11.5 Å². The van der Waals surface area contributed by atoms with E-state index in [1.54, 1.807) is 0 Å². The van der Waals surface area contributed by atoms with Crippen LogP contribution in [0, 0.1) is 5.82 Å². The molecule has 1 aromatic rings. The van der Waals surface area contributed by atoms with Crippen molar-refractivity contribution in [3.8, 4) is 11.5 Å². The van der Waals surface area contributed by atoms with Crippen molar-refractivity contribution in [3.63, 3.8) is 0 Å². The zero-order valence-electron chi connectivity index (χ0n) is 9.90. The SMILES string of the molecule is CCOc1ccc(F)c(C=O)c1OS(=O)(=O)C(F)(F)F. The van der Waals surface area contributed by atoms with E-state index >= 15 is 0 Å². The Hall–Kier alpha value is -1.84. The number of carbonyl (C=O) groups excluding carboxylic acids is 1. The van der Waals surface area contributed by atoms with E-state index in [0.29, 0.717) is 0 Å². The number of alkyl halides is 3. The second-order valence-corrected chi connectivity index (χ2v) is 4.86. The number of aldehydes is 1. The van der Waals surface area contributed by atoms with E-state index < -0.39 is 38.5 Å². The summed E-state index contributed by atoms with van der Waals surface area (Å²) in [5.41, 5.74) is -6.70. The monoisotopic (exact) mass is 316 g/mol. The molecular weight excluding hydrogens is 308 g/mol. The Morgan fingerprint density at radius 1 is 1.30 bits per heavy atom. The lowest BCUT2D eigenvalue weighted by molar-refractivity contribution is -0.0500. The first-order valence-corrected chi connectivity index (χ1v) is 6.46. The Morgan fingerprint density at radius 2 is 1.90 bits per heavy atom. The van der Waals surface area contributed by atoms with E-state index in [0.717, 1.165) is 12.1 Å². The van der Waals surface area contributed by atoms with Crippen LogP contribution in [-0.2, 0) is 10.1 Å². The lowest BCUT2D eigenvalue weighted by atomic mass is 10.2. The zero-order chi connectivity index (χ0) is 15.6. The predicted octanol–water partition coefficient (Wildman–Crippen LogP) is 2.27. The van der Waals surface area contributed by atoms with Gasteiger partial charge in [0.25, 0.3) is 0 Å². The third-order valence-electron chi connectivity index (χ3n) is 2.00. The Kier molecular flexibility index (Phi) is 4.58. The maximum Gasteiger partial charge on any atom is 0.534 e. The molecule has 0 saturated carbocycles. The van der Waals surface area contributed by atoms with E-state index in [1.807, 2.05) is 0 Å². The van der Waals surface area contributed by atoms with Gasteiger partial charge in [-0.2, -0.15) is 21.6 Å². The van der Waals surface area contributed by atoms with Crippen molar-refractivity contribution in [2.45, 2.75) is 12.4 Å². The topological polar surface area (TPSA) is 69.7 Å². The van der Waals surface area contributed by atoms with Gasteiger partial charge in [-0.1, -0.05) is 0 Å². The quantitative estimate of drug-likeness (QED) is 0.361. The van der Waals surface area contributed by atoms with Gasteiger partial charge in [0.1, 0.15) is 5.82 Å². The number of benzene rings is 1. The predicted molar refractivity (Wildman–Crippen MR) is 58.6 cm³/mol. The summed E-state index contributed by atoms with van der Waals surface area (Å²) in [6.07, 6.45) is -0.168. The van der Waals surface area contributed by atoms with E-state index in [4.69, 9.17) is 4.74 Å². The van der Waals surface area contributed by atoms with Gasteiger partial charge in [-0.3, -0.25) is 4.79 Å².